The van der Waals surface area contributed by atoms with Crippen LogP contribution in [0.5, 0.6) is 0 Å². The Bertz CT molecular complexity index is 336. The number of hydrogen-bond acceptors (Lipinski definition) is 5. The average Bonchev–Trinajstić information content (AvgIpc) is 2.40. The molecule has 5 nitrogen and oxygen atoms in total. The summed E-state index contributed by atoms with van der Waals surface area (Å²) in [6.45, 7) is 1.64. The minimum Gasteiger partial charge on any atom is -0.390 e. The highest BCUT2D eigenvalue weighted by atomic mass is 16.5. The highest BCUT2D eigenvalue weighted by molar-refractivity contribution is 5.36. The molecule has 5 heteroatoms. The molecule has 1 fully saturated rings. The third kappa shape index (κ3) is 3.38. The summed E-state index contributed by atoms with van der Waals surface area (Å²) in [5.41, 5.74) is 0.594. The van der Waals surface area contributed by atoms with Gasteiger partial charge in [0.05, 0.1) is 18.4 Å². The molecule has 0 amide bonds. The van der Waals surface area contributed by atoms with E-state index >= 15 is 0 Å². The van der Waals surface area contributed by atoms with Gasteiger partial charge >= 0.3 is 0 Å². The van der Waals surface area contributed by atoms with Gasteiger partial charge in [0.25, 0.3) is 0 Å². The van der Waals surface area contributed by atoms with Crippen molar-refractivity contribution in [2.45, 2.75) is 32.0 Å². The van der Waals surface area contributed by atoms with Crippen LogP contribution in [0.3, 0.4) is 0 Å². The maximum atomic E-state index is 8.89. The maximum Gasteiger partial charge on any atom is 0.151 e. The SMILES string of the molecule is CN(CC1CCCCO1)c1ccc(CO)nn1. The second-order valence-electron chi connectivity index (χ2n) is 4.41. The molecule has 2 heterocycles. The molecule has 1 aliphatic rings. The molecule has 1 aromatic heterocycles. The number of nitrogens with zero attached hydrogens (tertiary/aromatic N) is 3. The van der Waals surface area contributed by atoms with E-state index in [4.69, 9.17) is 9.84 Å². The topological polar surface area (TPSA) is 58.5 Å². The maximum absolute atomic E-state index is 8.89. The van der Waals surface area contributed by atoms with E-state index in [9.17, 15) is 0 Å². The van der Waals surface area contributed by atoms with Crippen molar-refractivity contribution in [2.75, 3.05) is 25.1 Å². The number of likely N-dealkylation sites (N-methyl/N-ethyl adjacent to an activating group) is 1. The van der Waals surface area contributed by atoms with Crippen LogP contribution in [0.4, 0.5) is 5.82 Å². The summed E-state index contributed by atoms with van der Waals surface area (Å²) in [6.07, 6.45) is 3.83. The largest absolute Gasteiger partial charge is 0.390 e. The lowest BCUT2D eigenvalue weighted by Gasteiger charge is -2.27. The van der Waals surface area contributed by atoms with Crippen molar-refractivity contribution in [1.82, 2.24) is 10.2 Å². The van der Waals surface area contributed by atoms with Gasteiger partial charge in [-0.15, -0.1) is 5.10 Å². The first-order valence-corrected chi connectivity index (χ1v) is 6.06. The summed E-state index contributed by atoms with van der Waals surface area (Å²) < 4.78 is 5.69. The zero-order valence-electron chi connectivity index (χ0n) is 10.2. The van der Waals surface area contributed by atoms with E-state index in [1.165, 1.54) is 12.8 Å². The van der Waals surface area contributed by atoms with Crippen LogP contribution in [0.2, 0.25) is 0 Å². The molecule has 1 unspecified atom stereocenters. The van der Waals surface area contributed by atoms with E-state index in [1.807, 2.05) is 18.0 Å². The molecular formula is C12H19N3O2. The van der Waals surface area contributed by atoms with E-state index in [-0.39, 0.29) is 6.61 Å². The van der Waals surface area contributed by atoms with Crippen molar-refractivity contribution >= 4 is 5.82 Å². The Balaban J connectivity index is 1.91. The fraction of sp³-hybridized carbons (Fsp3) is 0.667. The van der Waals surface area contributed by atoms with E-state index < -0.39 is 0 Å². The van der Waals surface area contributed by atoms with Crippen LogP contribution >= 0.6 is 0 Å². The molecule has 0 bridgehead atoms. The van der Waals surface area contributed by atoms with Gasteiger partial charge in [0, 0.05) is 20.2 Å². The molecule has 0 aliphatic carbocycles. The molecule has 1 atom stereocenters. The molecule has 0 aromatic carbocycles. The minimum atomic E-state index is -0.0667. The van der Waals surface area contributed by atoms with Gasteiger partial charge in [-0.25, -0.2) is 0 Å². The number of ether oxygens (including phenoxy) is 1. The number of aliphatic hydroxyl groups excluding tert-OH is 1. The average molecular weight is 237 g/mol. The lowest BCUT2D eigenvalue weighted by Crippen LogP contribution is -2.33. The van der Waals surface area contributed by atoms with Crippen molar-refractivity contribution in [3.8, 4) is 0 Å². The lowest BCUT2D eigenvalue weighted by atomic mass is 10.1. The van der Waals surface area contributed by atoms with Crippen molar-refractivity contribution in [3.05, 3.63) is 17.8 Å². The monoisotopic (exact) mass is 237 g/mol. The molecule has 1 N–H and O–H groups in total. The highest BCUT2D eigenvalue weighted by Gasteiger charge is 2.16. The molecule has 94 valence electrons. The van der Waals surface area contributed by atoms with Gasteiger partial charge in [-0.3, -0.25) is 0 Å². The number of aromatic nitrogens is 2. The zero-order chi connectivity index (χ0) is 12.1. The first kappa shape index (κ1) is 12.3. The molecule has 0 radical (unpaired) electrons. The van der Waals surface area contributed by atoms with Gasteiger partial charge in [0.2, 0.25) is 0 Å². The van der Waals surface area contributed by atoms with Crippen LogP contribution in [-0.2, 0) is 11.3 Å². The fourth-order valence-electron chi connectivity index (χ4n) is 1.99. The van der Waals surface area contributed by atoms with Crippen LogP contribution in [-0.4, -0.2) is 41.6 Å². The first-order chi connectivity index (χ1) is 8.29. The normalized spacial score (nSPS) is 20.2. The standard InChI is InChI=1S/C12H19N3O2/c1-15(8-11-4-2-3-7-17-11)12-6-5-10(9-16)13-14-12/h5-6,11,16H,2-4,7-9H2,1H3. The van der Waals surface area contributed by atoms with Gasteiger partial charge in [0.1, 0.15) is 0 Å². The zero-order valence-corrected chi connectivity index (χ0v) is 10.2. The molecule has 1 saturated heterocycles. The molecule has 2 rings (SSSR count). The van der Waals surface area contributed by atoms with Crippen LogP contribution in [0, 0.1) is 0 Å². The van der Waals surface area contributed by atoms with Crippen LogP contribution < -0.4 is 4.90 Å². The van der Waals surface area contributed by atoms with Crippen molar-refractivity contribution in [1.29, 1.82) is 0 Å². The predicted molar refractivity (Wildman–Crippen MR) is 64.8 cm³/mol. The lowest BCUT2D eigenvalue weighted by molar-refractivity contribution is 0.0215. The van der Waals surface area contributed by atoms with Crippen LogP contribution in [0.1, 0.15) is 25.0 Å². The summed E-state index contributed by atoms with van der Waals surface area (Å²) in [5, 5.41) is 16.9. The smallest absolute Gasteiger partial charge is 0.151 e. The van der Waals surface area contributed by atoms with Gasteiger partial charge < -0.3 is 14.7 Å². The summed E-state index contributed by atoms with van der Waals surface area (Å²) in [5.74, 6) is 0.816. The second kappa shape index (κ2) is 5.93. The van der Waals surface area contributed by atoms with Gasteiger partial charge in [-0.05, 0) is 31.4 Å². The van der Waals surface area contributed by atoms with E-state index in [0.717, 1.165) is 25.4 Å². The third-order valence-corrected chi connectivity index (χ3v) is 3.01. The Labute approximate surface area is 101 Å². The van der Waals surface area contributed by atoms with Gasteiger partial charge in [0.15, 0.2) is 5.82 Å². The van der Waals surface area contributed by atoms with Crippen LogP contribution in [0.25, 0.3) is 0 Å². The Morgan fingerprint density at radius 3 is 2.88 bits per heavy atom. The summed E-state index contributed by atoms with van der Waals surface area (Å²) in [7, 11) is 1.99. The highest BCUT2D eigenvalue weighted by Crippen LogP contribution is 2.16. The Morgan fingerprint density at radius 2 is 2.29 bits per heavy atom. The fourth-order valence-corrected chi connectivity index (χ4v) is 1.99. The predicted octanol–water partition coefficient (Wildman–Crippen LogP) is 0.974. The summed E-state index contributed by atoms with van der Waals surface area (Å²) >= 11 is 0. The quantitative estimate of drug-likeness (QED) is 0.845. The van der Waals surface area contributed by atoms with Crippen molar-refractivity contribution in [2.24, 2.45) is 0 Å². The summed E-state index contributed by atoms with van der Waals surface area (Å²) in [6, 6.07) is 3.67. The van der Waals surface area contributed by atoms with E-state index in [2.05, 4.69) is 10.2 Å². The molecule has 1 aromatic rings. The molecule has 0 saturated carbocycles. The number of rotatable bonds is 4. The van der Waals surface area contributed by atoms with E-state index in [1.54, 1.807) is 6.07 Å². The Morgan fingerprint density at radius 1 is 1.41 bits per heavy atom. The molecular weight excluding hydrogens is 218 g/mol. The van der Waals surface area contributed by atoms with Crippen molar-refractivity contribution < 1.29 is 9.84 Å². The Hall–Kier alpha value is -1.20. The molecule has 17 heavy (non-hydrogen) atoms. The number of anilines is 1. The number of hydrogen-bond donors (Lipinski definition) is 1. The molecule has 1 aliphatic heterocycles. The van der Waals surface area contributed by atoms with Gasteiger partial charge in [-0.2, -0.15) is 5.10 Å². The Kier molecular flexibility index (Phi) is 4.28. The first-order valence-electron chi connectivity index (χ1n) is 6.06. The third-order valence-electron chi connectivity index (χ3n) is 3.01. The summed E-state index contributed by atoms with van der Waals surface area (Å²) in [4.78, 5) is 2.05. The van der Waals surface area contributed by atoms with E-state index in [0.29, 0.717) is 11.8 Å². The van der Waals surface area contributed by atoms with Crippen LogP contribution in [0.15, 0.2) is 12.1 Å². The van der Waals surface area contributed by atoms with Gasteiger partial charge in [-0.1, -0.05) is 0 Å². The second-order valence-corrected chi connectivity index (χ2v) is 4.41. The minimum absolute atomic E-state index is 0.0667. The number of aliphatic hydroxyl groups is 1. The molecule has 0 spiro atoms. The van der Waals surface area contributed by atoms with Crippen molar-refractivity contribution in [3.63, 3.8) is 0 Å².